The maximum atomic E-state index is 2.63. The average molecular weight is 844 g/mol. The van der Waals surface area contributed by atoms with Crippen molar-refractivity contribution in [3.05, 3.63) is 245 Å². The van der Waals surface area contributed by atoms with E-state index in [-0.39, 0.29) is 10.8 Å². The first-order valence-electron chi connectivity index (χ1n) is 24.3. The number of fused-ring (bicyclic) bond motifs is 21. The predicted molar refractivity (Wildman–Crippen MR) is 272 cm³/mol. The third kappa shape index (κ3) is 4.52. The molecule has 6 aliphatic carbocycles. The summed E-state index contributed by atoms with van der Waals surface area (Å²) in [6.45, 7) is 4.81. The quantitative estimate of drug-likeness (QED) is 0.171. The summed E-state index contributed by atoms with van der Waals surface area (Å²) in [4.78, 5) is 2.60. The Morgan fingerprint density at radius 1 is 0.379 bits per heavy atom. The molecule has 15 rings (SSSR count). The van der Waals surface area contributed by atoms with E-state index in [0.717, 1.165) is 5.92 Å². The van der Waals surface area contributed by atoms with Gasteiger partial charge in [0.05, 0.1) is 5.41 Å². The summed E-state index contributed by atoms with van der Waals surface area (Å²) in [5.74, 6) is 1.49. The van der Waals surface area contributed by atoms with Crippen molar-refractivity contribution in [1.29, 1.82) is 0 Å². The number of rotatable bonds is 4. The first-order valence-corrected chi connectivity index (χ1v) is 24.3. The van der Waals surface area contributed by atoms with Crippen LogP contribution in [0.4, 0.5) is 17.1 Å². The Hall–Kier alpha value is -7.22. The molecule has 2 spiro atoms. The molecule has 3 atom stereocenters. The molecule has 0 heterocycles. The molecule has 1 heteroatoms. The summed E-state index contributed by atoms with van der Waals surface area (Å²) >= 11 is 0. The van der Waals surface area contributed by atoms with Gasteiger partial charge in [-0.2, -0.15) is 0 Å². The summed E-state index contributed by atoms with van der Waals surface area (Å²) in [5, 5.41) is 0. The third-order valence-corrected chi connectivity index (χ3v) is 17.5. The molecule has 0 radical (unpaired) electrons. The summed E-state index contributed by atoms with van der Waals surface area (Å²) < 4.78 is 0. The minimum atomic E-state index is -0.430. The Kier molecular flexibility index (Phi) is 7.29. The zero-order valence-electron chi connectivity index (χ0n) is 37.5. The van der Waals surface area contributed by atoms with Crippen LogP contribution < -0.4 is 4.90 Å². The summed E-state index contributed by atoms with van der Waals surface area (Å²) in [5.41, 5.74) is 28.0. The highest BCUT2D eigenvalue weighted by Gasteiger charge is 2.57. The highest BCUT2D eigenvalue weighted by atomic mass is 15.1. The SMILES string of the molecule is CC1(C)c2ccccc2-c2cccc(-c3cccc(N(c4ccc5c(c4)C4(c6ccccc6-c6ccccc64)c4ccccc4-5)c4ccc5c(c4)C4(CC6CCC4C6)c4ccccc4-5)c3)c21. The molecule has 3 unspecified atom stereocenters. The molecule has 2 bridgehead atoms. The van der Waals surface area contributed by atoms with Crippen LogP contribution in [0.15, 0.2) is 200 Å². The Bertz CT molecular complexity index is 3500. The average Bonchev–Trinajstić information content (AvgIpc) is 4.21. The van der Waals surface area contributed by atoms with Crippen LogP contribution in [0, 0.1) is 11.8 Å². The monoisotopic (exact) mass is 843 g/mol. The van der Waals surface area contributed by atoms with Crippen LogP contribution in [-0.2, 0) is 16.2 Å². The van der Waals surface area contributed by atoms with Crippen molar-refractivity contribution in [3.8, 4) is 55.6 Å². The van der Waals surface area contributed by atoms with Crippen molar-refractivity contribution in [2.75, 3.05) is 4.90 Å². The van der Waals surface area contributed by atoms with Crippen LogP contribution in [0.3, 0.4) is 0 Å². The van der Waals surface area contributed by atoms with Gasteiger partial charge in [-0.05, 0) is 168 Å². The summed E-state index contributed by atoms with van der Waals surface area (Å²) in [6, 6.07) is 77.2. The van der Waals surface area contributed by atoms with Crippen LogP contribution in [0.1, 0.15) is 84.0 Å². The lowest BCUT2D eigenvalue weighted by molar-refractivity contribution is 0.327. The van der Waals surface area contributed by atoms with E-state index >= 15 is 0 Å². The minimum Gasteiger partial charge on any atom is -0.310 e. The molecule has 2 saturated carbocycles. The molecule has 0 N–H and O–H groups in total. The number of benzene rings is 9. The molecular weight excluding hydrogens is 795 g/mol. The first-order chi connectivity index (χ1) is 32.5. The van der Waals surface area contributed by atoms with Crippen LogP contribution in [-0.4, -0.2) is 0 Å². The van der Waals surface area contributed by atoms with Gasteiger partial charge in [-0.25, -0.2) is 0 Å². The predicted octanol–water partition coefficient (Wildman–Crippen LogP) is 16.6. The molecule has 6 aliphatic rings. The Labute approximate surface area is 388 Å². The van der Waals surface area contributed by atoms with E-state index in [1.165, 1.54) is 132 Å². The third-order valence-electron chi connectivity index (χ3n) is 17.5. The van der Waals surface area contributed by atoms with Gasteiger partial charge < -0.3 is 4.90 Å². The van der Waals surface area contributed by atoms with Gasteiger partial charge in [0.1, 0.15) is 0 Å². The van der Waals surface area contributed by atoms with Gasteiger partial charge in [0.25, 0.3) is 0 Å². The smallest absolute Gasteiger partial charge is 0.0726 e. The van der Waals surface area contributed by atoms with Gasteiger partial charge in [-0.1, -0.05) is 184 Å². The van der Waals surface area contributed by atoms with Gasteiger partial charge in [0.15, 0.2) is 0 Å². The molecule has 9 aromatic carbocycles. The van der Waals surface area contributed by atoms with E-state index in [1.807, 2.05) is 0 Å². The van der Waals surface area contributed by atoms with Crippen molar-refractivity contribution in [2.24, 2.45) is 11.8 Å². The fourth-order valence-electron chi connectivity index (χ4n) is 15.1. The second kappa shape index (κ2) is 13.0. The molecule has 1 nitrogen and oxygen atoms in total. The van der Waals surface area contributed by atoms with Crippen molar-refractivity contribution < 1.29 is 0 Å². The van der Waals surface area contributed by atoms with Crippen LogP contribution in [0.25, 0.3) is 55.6 Å². The summed E-state index contributed by atoms with van der Waals surface area (Å²) in [7, 11) is 0. The highest BCUT2D eigenvalue weighted by molar-refractivity contribution is 5.97. The normalized spacial score (nSPS) is 20.6. The highest BCUT2D eigenvalue weighted by Crippen LogP contribution is 2.67. The molecule has 9 aromatic rings. The Morgan fingerprint density at radius 2 is 0.848 bits per heavy atom. The maximum Gasteiger partial charge on any atom is 0.0726 e. The maximum absolute atomic E-state index is 2.63. The first kappa shape index (κ1) is 37.0. The molecule has 0 aromatic heterocycles. The van der Waals surface area contributed by atoms with Gasteiger partial charge in [0.2, 0.25) is 0 Å². The van der Waals surface area contributed by atoms with Gasteiger partial charge in [0, 0.05) is 27.9 Å². The fourth-order valence-corrected chi connectivity index (χ4v) is 15.1. The summed E-state index contributed by atoms with van der Waals surface area (Å²) in [6.07, 6.45) is 5.31. The zero-order valence-corrected chi connectivity index (χ0v) is 37.5. The number of anilines is 3. The van der Waals surface area contributed by atoms with Crippen molar-refractivity contribution in [1.82, 2.24) is 0 Å². The van der Waals surface area contributed by atoms with Crippen molar-refractivity contribution in [3.63, 3.8) is 0 Å². The molecule has 2 fully saturated rings. The standard InChI is InChI=1S/C65H49N/c1-63(2)55-24-8-3-21-51(55)54-23-14-22-46(62(54)63)41-15-13-16-43(36-41)66(44-31-33-52-47-17-4-9-25-56(47)64(60(52)37-44)39-40-29-30-42(64)35-40)45-32-34-53-50-20-7-12-28-59(50)65(61(53)38-45)57-26-10-5-18-48(57)49-19-6-11-27-58(49)65/h3-28,31-34,36-38,40,42H,29-30,35,39H2,1-2H3. The lowest BCUT2D eigenvalue weighted by Crippen LogP contribution is -2.32. The molecule has 314 valence electrons. The fraction of sp³-hybridized carbons (Fsp3) is 0.169. The second-order valence-electron chi connectivity index (χ2n) is 20.7. The molecular formula is C65H49N. The van der Waals surface area contributed by atoms with E-state index in [1.54, 1.807) is 11.1 Å². The molecule has 0 amide bonds. The van der Waals surface area contributed by atoms with E-state index in [4.69, 9.17) is 0 Å². The van der Waals surface area contributed by atoms with Crippen LogP contribution in [0.5, 0.6) is 0 Å². The minimum absolute atomic E-state index is 0.0739. The molecule has 66 heavy (non-hydrogen) atoms. The van der Waals surface area contributed by atoms with E-state index in [2.05, 4.69) is 219 Å². The lowest BCUT2D eigenvalue weighted by Gasteiger charge is -2.37. The van der Waals surface area contributed by atoms with E-state index in [9.17, 15) is 0 Å². The topological polar surface area (TPSA) is 3.24 Å². The van der Waals surface area contributed by atoms with Gasteiger partial charge in [-0.3, -0.25) is 0 Å². The zero-order chi connectivity index (χ0) is 43.5. The Morgan fingerprint density at radius 3 is 1.45 bits per heavy atom. The van der Waals surface area contributed by atoms with Crippen molar-refractivity contribution in [2.45, 2.75) is 55.8 Å². The van der Waals surface area contributed by atoms with Crippen molar-refractivity contribution >= 4 is 17.1 Å². The second-order valence-corrected chi connectivity index (χ2v) is 20.7. The Balaban J connectivity index is 0.976. The van der Waals surface area contributed by atoms with E-state index < -0.39 is 5.41 Å². The number of hydrogen-bond acceptors (Lipinski definition) is 1. The van der Waals surface area contributed by atoms with Crippen LogP contribution in [0.2, 0.25) is 0 Å². The largest absolute Gasteiger partial charge is 0.310 e. The number of hydrogen-bond donors (Lipinski definition) is 0. The van der Waals surface area contributed by atoms with E-state index in [0.29, 0.717) is 5.92 Å². The van der Waals surface area contributed by atoms with Gasteiger partial charge in [-0.15, -0.1) is 0 Å². The molecule has 0 saturated heterocycles. The lowest BCUT2D eigenvalue weighted by atomic mass is 9.67. The number of nitrogens with zero attached hydrogens (tertiary/aromatic N) is 1. The van der Waals surface area contributed by atoms with Crippen LogP contribution >= 0.6 is 0 Å². The molecule has 0 aliphatic heterocycles. The van der Waals surface area contributed by atoms with Gasteiger partial charge >= 0.3 is 0 Å².